The minimum atomic E-state index is 0.116. The molecule has 0 saturated carbocycles. The smallest absolute Gasteiger partial charge is 0.254 e. The summed E-state index contributed by atoms with van der Waals surface area (Å²) >= 11 is 0. The lowest BCUT2D eigenvalue weighted by Crippen LogP contribution is -2.25. The third-order valence-electron chi connectivity index (χ3n) is 6.10. The van der Waals surface area contributed by atoms with Crippen LogP contribution in [0.3, 0.4) is 0 Å². The molecule has 3 aromatic carbocycles. The number of rotatable bonds is 3. The van der Waals surface area contributed by atoms with E-state index in [0.717, 1.165) is 12.0 Å². The fourth-order valence-electron chi connectivity index (χ4n) is 4.52. The summed E-state index contributed by atoms with van der Waals surface area (Å²) in [4.78, 5) is 15.0. The van der Waals surface area contributed by atoms with Gasteiger partial charge in [0.15, 0.2) is 0 Å². The first-order valence-corrected chi connectivity index (χ1v) is 10.1. The van der Waals surface area contributed by atoms with Crippen molar-refractivity contribution in [3.8, 4) is 11.1 Å². The van der Waals surface area contributed by atoms with Gasteiger partial charge in [-0.05, 0) is 78.3 Å². The molecule has 1 amide bonds. The number of amides is 1. The van der Waals surface area contributed by atoms with Crippen molar-refractivity contribution in [2.45, 2.75) is 47.2 Å². The van der Waals surface area contributed by atoms with Gasteiger partial charge in [0.1, 0.15) is 0 Å². The van der Waals surface area contributed by atoms with E-state index in [1.807, 2.05) is 35.2 Å². The van der Waals surface area contributed by atoms with Gasteiger partial charge in [0, 0.05) is 18.7 Å². The Labute approximate surface area is 167 Å². The number of hydrogen-bond acceptors (Lipinski definition) is 1. The Morgan fingerprint density at radius 1 is 0.857 bits per heavy atom. The highest BCUT2D eigenvalue weighted by Gasteiger charge is 2.29. The molecule has 1 aliphatic heterocycles. The number of carbonyl (C=O) groups excluding carboxylic acids is 1. The SMILES string of the molecule is CCc1c(C)c2c(c(C)c1-c1ccc(C)cc1)CN(C(=O)c1ccccc1)C2. The fourth-order valence-corrected chi connectivity index (χ4v) is 4.52. The molecule has 0 aliphatic carbocycles. The normalized spacial score (nSPS) is 12.9. The van der Waals surface area contributed by atoms with Gasteiger partial charge in [0.2, 0.25) is 0 Å². The second-order valence-electron chi connectivity index (χ2n) is 7.81. The Bertz CT molecular complexity index is 1030. The Balaban J connectivity index is 1.79. The fraction of sp³-hybridized carbons (Fsp3) is 0.269. The second kappa shape index (κ2) is 7.27. The lowest BCUT2D eigenvalue weighted by Gasteiger charge is -2.19. The maximum absolute atomic E-state index is 13.0. The van der Waals surface area contributed by atoms with E-state index < -0.39 is 0 Å². The van der Waals surface area contributed by atoms with Crippen LogP contribution in [0.25, 0.3) is 11.1 Å². The molecule has 0 aromatic heterocycles. The second-order valence-corrected chi connectivity index (χ2v) is 7.81. The summed E-state index contributed by atoms with van der Waals surface area (Å²) in [6.45, 7) is 10.2. The number of carbonyl (C=O) groups is 1. The van der Waals surface area contributed by atoms with Gasteiger partial charge in [0.05, 0.1) is 0 Å². The average molecular weight is 370 g/mol. The Morgan fingerprint density at radius 2 is 1.46 bits per heavy atom. The van der Waals surface area contributed by atoms with Gasteiger partial charge in [-0.3, -0.25) is 4.79 Å². The highest BCUT2D eigenvalue weighted by molar-refractivity contribution is 5.94. The molecule has 0 unspecified atom stereocenters. The van der Waals surface area contributed by atoms with Crippen molar-refractivity contribution < 1.29 is 4.79 Å². The topological polar surface area (TPSA) is 20.3 Å². The van der Waals surface area contributed by atoms with E-state index in [2.05, 4.69) is 52.0 Å². The van der Waals surface area contributed by atoms with Crippen molar-refractivity contribution in [2.75, 3.05) is 0 Å². The molecule has 1 aliphatic rings. The van der Waals surface area contributed by atoms with Crippen LogP contribution in [0.1, 0.15) is 50.7 Å². The van der Waals surface area contributed by atoms with Gasteiger partial charge in [-0.2, -0.15) is 0 Å². The zero-order valence-electron chi connectivity index (χ0n) is 17.2. The monoisotopic (exact) mass is 369 g/mol. The molecular weight excluding hydrogens is 342 g/mol. The molecule has 0 spiro atoms. The van der Waals surface area contributed by atoms with E-state index in [4.69, 9.17) is 0 Å². The molecule has 0 atom stereocenters. The molecule has 0 bridgehead atoms. The summed E-state index contributed by atoms with van der Waals surface area (Å²) in [5.41, 5.74) is 11.4. The molecule has 0 radical (unpaired) electrons. The maximum atomic E-state index is 13.0. The van der Waals surface area contributed by atoms with E-state index in [-0.39, 0.29) is 5.91 Å². The molecule has 2 heteroatoms. The van der Waals surface area contributed by atoms with Crippen LogP contribution in [0.15, 0.2) is 54.6 Å². The van der Waals surface area contributed by atoms with Crippen LogP contribution in [0.5, 0.6) is 0 Å². The summed E-state index contributed by atoms with van der Waals surface area (Å²) in [7, 11) is 0. The summed E-state index contributed by atoms with van der Waals surface area (Å²) in [6.07, 6.45) is 0.996. The molecule has 142 valence electrons. The summed E-state index contributed by atoms with van der Waals surface area (Å²) in [5.74, 6) is 0.116. The number of fused-ring (bicyclic) bond motifs is 1. The van der Waals surface area contributed by atoms with Crippen LogP contribution in [0.2, 0.25) is 0 Å². The molecule has 2 nitrogen and oxygen atoms in total. The zero-order valence-corrected chi connectivity index (χ0v) is 17.2. The first-order chi connectivity index (χ1) is 13.5. The van der Waals surface area contributed by atoms with Crippen molar-refractivity contribution in [3.05, 3.63) is 93.5 Å². The largest absolute Gasteiger partial charge is 0.330 e. The first-order valence-electron chi connectivity index (χ1n) is 10.1. The standard InChI is InChI=1S/C26H27NO/c1-5-22-18(3)23-15-27(26(28)21-9-7-6-8-10-21)16-24(23)19(4)25(22)20-13-11-17(2)12-14-20/h6-14H,5,15-16H2,1-4H3. The lowest BCUT2D eigenvalue weighted by molar-refractivity contribution is 0.0751. The molecule has 1 heterocycles. The van der Waals surface area contributed by atoms with Crippen LogP contribution in [0.4, 0.5) is 0 Å². The number of nitrogens with zero attached hydrogens (tertiary/aromatic N) is 1. The van der Waals surface area contributed by atoms with Gasteiger partial charge in [-0.15, -0.1) is 0 Å². The quantitative estimate of drug-likeness (QED) is 0.555. The van der Waals surface area contributed by atoms with Gasteiger partial charge in [-0.1, -0.05) is 55.0 Å². The van der Waals surface area contributed by atoms with E-state index in [1.54, 1.807) is 0 Å². The Kier molecular flexibility index (Phi) is 4.80. The van der Waals surface area contributed by atoms with E-state index in [0.29, 0.717) is 13.1 Å². The third kappa shape index (κ3) is 3.03. The van der Waals surface area contributed by atoms with E-state index >= 15 is 0 Å². The third-order valence-corrected chi connectivity index (χ3v) is 6.10. The summed E-state index contributed by atoms with van der Waals surface area (Å²) in [5, 5.41) is 0. The Morgan fingerprint density at radius 3 is 2.07 bits per heavy atom. The average Bonchev–Trinajstić information content (AvgIpc) is 3.17. The maximum Gasteiger partial charge on any atom is 0.254 e. The Hall–Kier alpha value is -2.87. The lowest BCUT2D eigenvalue weighted by atomic mass is 9.84. The van der Waals surface area contributed by atoms with Crippen molar-refractivity contribution in [1.29, 1.82) is 0 Å². The predicted molar refractivity (Wildman–Crippen MR) is 115 cm³/mol. The molecule has 0 saturated heterocycles. The molecule has 0 N–H and O–H groups in total. The van der Waals surface area contributed by atoms with E-state index in [1.165, 1.54) is 44.5 Å². The first kappa shape index (κ1) is 18.5. The molecule has 28 heavy (non-hydrogen) atoms. The molecule has 3 aromatic rings. The highest BCUT2D eigenvalue weighted by Crippen LogP contribution is 2.39. The summed E-state index contributed by atoms with van der Waals surface area (Å²) < 4.78 is 0. The van der Waals surface area contributed by atoms with Crippen LogP contribution >= 0.6 is 0 Å². The van der Waals surface area contributed by atoms with Gasteiger partial charge >= 0.3 is 0 Å². The predicted octanol–water partition coefficient (Wildman–Crippen LogP) is 6.00. The summed E-state index contributed by atoms with van der Waals surface area (Å²) in [6, 6.07) is 18.4. The zero-order chi connectivity index (χ0) is 19.8. The van der Waals surface area contributed by atoms with Crippen molar-refractivity contribution in [3.63, 3.8) is 0 Å². The number of aryl methyl sites for hydroxylation is 1. The van der Waals surface area contributed by atoms with Crippen molar-refractivity contribution in [1.82, 2.24) is 4.90 Å². The molecular formula is C26H27NO. The minimum Gasteiger partial charge on any atom is -0.330 e. The molecule has 0 fully saturated rings. The molecule has 4 rings (SSSR count). The van der Waals surface area contributed by atoms with Crippen LogP contribution < -0.4 is 0 Å². The minimum absolute atomic E-state index is 0.116. The van der Waals surface area contributed by atoms with Crippen LogP contribution in [-0.4, -0.2) is 10.8 Å². The van der Waals surface area contributed by atoms with E-state index in [9.17, 15) is 4.79 Å². The number of benzene rings is 3. The van der Waals surface area contributed by atoms with Crippen molar-refractivity contribution in [2.24, 2.45) is 0 Å². The van der Waals surface area contributed by atoms with Gasteiger partial charge in [-0.25, -0.2) is 0 Å². The van der Waals surface area contributed by atoms with Crippen molar-refractivity contribution >= 4 is 5.91 Å². The van der Waals surface area contributed by atoms with Gasteiger partial charge in [0.25, 0.3) is 5.91 Å². The van der Waals surface area contributed by atoms with Gasteiger partial charge < -0.3 is 4.90 Å². The highest BCUT2D eigenvalue weighted by atomic mass is 16.2. The van der Waals surface area contributed by atoms with Crippen LogP contribution in [-0.2, 0) is 19.5 Å². The number of hydrogen-bond donors (Lipinski definition) is 0. The van der Waals surface area contributed by atoms with Crippen LogP contribution in [0, 0.1) is 20.8 Å².